The van der Waals surface area contributed by atoms with E-state index in [2.05, 4.69) is 4.18 Å². The molecule has 0 saturated carbocycles. The summed E-state index contributed by atoms with van der Waals surface area (Å²) >= 11 is 0. The lowest BCUT2D eigenvalue weighted by Gasteiger charge is -2.03. The van der Waals surface area contributed by atoms with E-state index < -0.39 is 22.7 Å². The van der Waals surface area contributed by atoms with Crippen LogP contribution in [0.2, 0.25) is 0 Å². The Morgan fingerprint density at radius 1 is 1.25 bits per heavy atom. The lowest BCUT2D eigenvalue weighted by molar-refractivity contribution is -0.139. The summed E-state index contributed by atoms with van der Waals surface area (Å²) in [6.45, 7) is -0.822. The molecule has 1 aromatic rings. The highest BCUT2D eigenvalue weighted by Crippen LogP contribution is 2.03. The van der Waals surface area contributed by atoms with Crippen molar-refractivity contribution >= 4 is 16.1 Å². The van der Waals surface area contributed by atoms with Gasteiger partial charge >= 0.3 is 5.97 Å². The summed E-state index contributed by atoms with van der Waals surface area (Å²) in [6.07, 6.45) is 0.308. The van der Waals surface area contributed by atoms with E-state index in [0.29, 0.717) is 6.42 Å². The van der Waals surface area contributed by atoms with E-state index >= 15 is 0 Å². The number of aryl methyl sites for hydroxylation is 1. The van der Waals surface area contributed by atoms with Gasteiger partial charge in [0, 0.05) is 0 Å². The Kier molecular flexibility index (Phi) is 4.45. The number of aliphatic carboxylic acids is 1. The van der Waals surface area contributed by atoms with E-state index in [1.807, 2.05) is 6.07 Å². The first-order valence-corrected chi connectivity index (χ1v) is 6.20. The molecule has 0 unspecified atom stereocenters. The van der Waals surface area contributed by atoms with Crippen molar-refractivity contribution in [1.82, 2.24) is 0 Å². The molecule has 0 heterocycles. The molecule has 16 heavy (non-hydrogen) atoms. The number of carboxylic acid groups (broad SMARTS) is 1. The maximum absolute atomic E-state index is 11.2. The van der Waals surface area contributed by atoms with Crippen LogP contribution < -0.4 is 0 Å². The summed E-state index contributed by atoms with van der Waals surface area (Å²) in [5.74, 6) is -1.52. The van der Waals surface area contributed by atoms with Crippen LogP contribution >= 0.6 is 0 Å². The lowest BCUT2D eigenvalue weighted by Crippen LogP contribution is -2.17. The normalized spacial score (nSPS) is 11.2. The highest BCUT2D eigenvalue weighted by molar-refractivity contribution is 7.86. The van der Waals surface area contributed by atoms with Gasteiger partial charge in [0.05, 0.1) is 5.75 Å². The average Bonchev–Trinajstić information content (AvgIpc) is 2.26. The first-order valence-electron chi connectivity index (χ1n) is 4.62. The van der Waals surface area contributed by atoms with Gasteiger partial charge in [-0.1, -0.05) is 30.3 Å². The topological polar surface area (TPSA) is 80.7 Å². The molecule has 0 spiro atoms. The van der Waals surface area contributed by atoms with E-state index in [-0.39, 0.29) is 5.75 Å². The molecule has 0 amide bonds. The van der Waals surface area contributed by atoms with Crippen LogP contribution in [0.3, 0.4) is 0 Å². The Labute approximate surface area is 93.8 Å². The van der Waals surface area contributed by atoms with Crippen LogP contribution in [0.15, 0.2) is 30.3 Å². The van der Waals surface area contributed by atoms with E-state index in [1.165, 1.54) is 0 Å². The second kappa shape index (κ2) is 5.62. The van der Waals surface area contributed by atoms with Crippen molar-refractivity contribution < 1.29 is 22.5 Å². The highest BCUT2D eigenvalue weighted by atomic mass is 32.2. The minimum atomic E-state index is -3.76. The second-order valence-electron chi connectivity index (χ2n) is 3.15. The Morgan fingerprint density at radius 2 is 1.88 bits per heavy atom. The van der Waals surface area contributed by atoms with E-state index in [0.717, 1.165) is 5.56 Å². The van der Waals surface area contributed by atoms with Crippen LogP contribution in [0.1, 0.15) is 5.56 Å². The third-order valence-electron chi connectivity index (χ3n) is 1.85. The van der Waals surface area contributed by atoms with Crippen molar-refractivity contribution in [3.8, 4) is 0 Å². The van der Waals surface area contributed by atoms with Crippen LogP contribution in [0.5, 0.6) is 0 Å². The fourth-order valence-corrected chi connectivity index (χ4v) is 1.97. The Morgan fingerprint density at radius 3 is 2.44 bits per heavy atom. The predicted octanol–water partition coefficient (Wildman–Crippen LogP) is 0.660. The van der Waals surface area contributed by atoms with Gasteiger partial charge in [-0.05, 0) is 12.0 Å². The molecule has 88 valence electrons. The summed E-state index contributed by atoms with van der Waals surface area (Å²) in [5, 5.41) is 8.27. The Balaban J connectivity index is 2.45. The molecule has 1 aromatic carbocycles. The van der Waals surface area contributed by atoms with E-state index in [1.54, 1.807) is 24.3 Å². The first kappa shape index (κ1) is 12.7. The highest BCUT2D eigenvalue weighted by Gasteiger charge is 2.13. The molecule has 0 radical (unpaired) electrons. The molecule has 6 heteroatoms. The number of rotatable bonds is 6. The van der Waals surface area contributed by atoms with Crippen LogP contribution in [0, 0.1) is 0 Å². The van der Waals surface area contributed by atoms with Crippen molar-refractivity contribution in [2.75, 3.05) is 12.4 Å². The van der Waals surface area contributed by atoms with Gasteiger partial charge in [0.2, 0.25) is 0 Å². The summed E-state index contributed by atoms with van der Waals surface area (Å²) in [5.41, 5.74) is 0.866. The van der Waals surface area contributed by atoms with Crippen LogP contribution in [0.4, 0.5) is 0 Å². The summed E-state index contributed by atoms with van der Waals surface area (Å²) in [4.78, 5) is 10.1. The second-order valence-corrected chi connectivity index (χ2v) is 4.91. The molecular formula is C10H12O5S. The first-order chi connectivity index (χ1) is 7.49. The molecule has 1 N–H and O–H groups in total. The number of benzene rings is 1. The molecule has 0 bridgehead atoms. The van der Waals surface area contributed by atoms with Gasteiger partial charge in [0.1, 0.15) is 0 Å². The fraction of sp³-hybridized carbons (Fsp3) is 0.300. The lowest BCUT2D eigenvalue weighted by atomic mass is 10.2. The van der Waals surface area contributed by atoms with Crippen molar-refractivity contribution in [3.05, 3.63) is 35.9 Å². The molecule has 0 fully saturated rings. The molecule has 0 aromatic heterocycles. The Hall–Kier alpha value is -1.40. The Bertz CT molecular complexity index is 438. The molecule has 0 atom stereocenters. The van der Waals surface area contributed by atoms with Gasteiger partial charge in [-0.15, -0.1) is 0 Å². The number of carboxylic acids is 1. The predicted molar refractivity (Wildman–Crippen MR) is 57.5 cm³/mol. The van der Waals surface area contributed by atoms with Crippen LogP contribution in [0.25, 0.3) is 0 Å². The van der Waals surface area contributed by atoms with Crippen LogP contribution in [-0.4, -0.2) is 31.9 Å². The van der Waals surface area contributed by atoms with Gasteiger partial charge in [0.25, 0.3) is 10.1 Å². The molecule has 0 aliphatic carbocycles. The minimum absolute atomic E-state index is 0.218. The molecule has 5 nitrogen and oxygen atoms in total. The van der Waals surface area contributed by atoms with Crippen molar-refractivity contribution in [2.45, 2.75) is 6.42 Å². The number of hydrogen-bond donors (Lipinski definition) is 1. The zero-order valence-corrected chi connectivity index (χ0v) is 9.31. The smallest absolute Gasteiger partial charge is 0.331 e. The maximum Gasteiger partial charge on any atom is 0.331 e. The van der Waals surface area contributed by atoms with Gasteiger partial charge in [-0.2, -0.15) is 8.42 Å². The van der Waals surface area contributed by atoms with Gasteiger partial charge in [0.15, 0.2) is 6.61 Å². The summed E-state index contributed by atoms with van der Waals surface area (Å²) < 4.78 is 26.7. The molecule has 0 aliphatic rings. The summed E-state index contributed by atoms with van der Waals surface area (Å²) in [6, 6.07) is 9.04. The fourth-order valence-electron chi connectivity index (χ4n) is 1.09. The van der Waals surface area contributed by atoms with Crippen molar-refractivity contribution in [3.63, 3.8) is 0 Å². The standard InChI is InChI=1S/C10H12O5S/c11-10(12)8-15-16(13,14)7-6-9-4-2-1-3-5-9/h1-5H,6-8H2,(H,11,12). The SMILES string of the molecule is O=C(O)COS(=O)(=O)CCc1ccccc1. The largest absolute Gasteiger partial charge is 0.479 e. The van der Waals surface area contributed by atoms with E-state index in [4.69, 9.17) is 5.11 Å². The minimum Gasteiger partial charge on any atom is -0.479 e. The number of carbonyl (C=O) groups is 1. The molecule has 0 saturated heterocycles. The quantitative estimate of drug-likeness (QED) is 0.743. The third-order valence-corrected chi connectivity index (χ3v) is 3.03. The van der Waals surface area contributed by atoms with E-state index in [9.17, 15) is 13.2 Å². The van der Waals surface area contributed by atoms with Crippen molar-refractivity contribution in [1.29, 1.82) is 0 Å². The van der Waals surface area contributed by atoms with Gasteiger partial charge < -0.3 is 5.11 Å². The molecular weight excluding hydrogens is 232 g/mol. The van der Waals surface area contributed by atoms with Gasteiger partial charge in [-0.3, -0.25) is 4.18 Å². The number of hydrogen-bond acceptors (Lipinski definition) is 4. The maximum atomic E-state index is 11.2. The molecule has 0 aliphatic heterocycles. The average molecular weight is 244 g/mol. The zero-order chi connectivity index (χ0) is 12.0. The van der Waals surface area contributed by atoms with Crippen LogP contribution in [-0.2, 0) is 25.5 Å². The monoisotopic (exact) mass is 244 g/mol. The molecule has 1 rings (SSSR count). The summed E-state index contributed by atoms with van der Waals surface area (Å²) in [7, 11) is -3.76. The third kappa shape index (κ3) is 4.90. The zero-order valence-electron chi connectivity index (χ0n) is 8.50. The van der Waals surface area contributed by atoms with Gasteiger partial charge in [-0.25, -0.2) is 4.79 Å². The van der Waals surface area contributed by atoms with Crippen molar-refractivity contribution in [2.24, 2.45) is 0 Å².